The molecule has 2 aromatic rings. The first-order valence-electron chi connectivity index (χ1n) is 9.96. The van der Waals surface area contributed by atoms with E-state index < -0.39 is 9.84 Å². The van der Waals surface area contributed by atoms with Crippen LogP contribution in [0.5, 0.6) is 0 Å². The molecular weight excluding hydrogens is 513 g/mol. The second kappa shape index (κ2) is 14.4. The highest BCUT2D eigenvalue weighted by molar-refractivity contribution is 14.0. The molecule has 0 aromatic heterocycles. The van der Waals surface area contributed by atoms with E-state index in [1.165, 1.54) is 0 Å². The number of benzene rings is 2. The first kappa shape index (κ1) is 26.4. The van der Waals surface area contributed by atoms with Gasteiger partial charge in [-0.2, -0.15) is 0 Å². The quantitative estimate of drug-likeness (QED) is 0.175. The van der Waals surface area contributed by atoms with E-state index in [4.69, 9.17) is 0 Å². The third kappa shape index (κ3) is 9.90. The Morgan fingerprint density at radius 1 is 1.03 bits per heavy atom. The van der Waals surface area contributed by atoms with Crippen LogP contribution in [0, 0.1) is 0 Å². The Balaban J connectivity index is 0.00000450. The van der Waals surface area contributed by atoms with Crippen LogP contribution in [-0.4, -0.2) is 51.5 Å². The number of halogens is 1. The van der Waals surface area contributed by atoms with Crippen LogP contribution in [0.2, 0.25) is 0 Å². The summed E-state index contributed by atoms with van der Waals surface area (Å²) in [5, 5.41) is 16.0. The molecule has 3 N–H and O–H groups in total. The Morgan fingerprint density at radius 2 is 1.67 bits per heavy atom. The van der Waals surface area contributed by atoms with Gasteiger partial charge in [-0.25, -0.2) is 8.42 Å². The molecule has 30 heavy (non-hydrogen) atoms. The van der Waals surface area contributed by atoms with E-state index in [0.29, 0.717) is 32.0 Å². The third-order valence-corrected chi connectivity index (χ3v) is 6.14. The fourth-order valence-electron chi connectivity index (χ4n) is 2.94. The fraction of sp³-hybridized carbons (Fsp3) is 0.409. The molecule has 0 aliphatic carbocycles. The molecule has 166 valence electrons. The highest BCUT2D eigenvalue weighted by Crippen LogP contribution is 2.14. The van der Waals surface area contributed by atoms with Crippen LogP contribution in [-0.2, 0) is 15.6 Å². The third-order valence-electron chi connectivity index (χ3n) is 4.46. The summed E-state index contributed by atoms with van der Waals surface area (Å²) in [6.07, 6.45) is 0.502. The van der Waals surface area contributed by atoms with Crippen molar-refractivity contribution in [2.45, 2.75) is 25.0 Å². The van der Waals surface area contributed by atoms with Crippen LogP contribution >= 0.6 is 24.0 Å². The summed E-state index contributed by atoms with van der Waals surface area (Å²) in [6, 6.07) is 19.0. The van der Waals surface area contributed by atoms with Gasteiger partial charge in [0.2, 0.25) is 0 Å². The summed E-state index contributed by atoms with van der Waals surface area (Å²) in [5.74, 6) is 0.745. The van der Waals surface area contributed by atoms with Gasteiger partial charge in [-0.05, 0) is 24.5 Å². The van der Waals surface area contributed by atoms with E-state index in [1.807, 2.05) is 67.6 Å². The Labute approximate surface area is 197 Å². The van der Waals surface area contributed by atoms with Crippen LogP contribution in [0.4, 0.5) is 0 Å². The number of sulfone groups is 1. The average molecular weight is 545 g/mol. The lowest BCUT2D eigenvalue weighted by Crippen LogP contribution is -2.38. The smallest absolute Gasteiger partial charge is 0.191 e. The molecule has 0 aliphatic rings. The second-order valence-electron chi connectivity index (χ2n) is 6.87. The van der Waals surface area contributed by atoms with Gasteiger partial charge >= 0.3 is 0 Å². The summed E-state index contributed by atoms with van der Waals surface area (Å²) >= 11 is 0. The minimum atomic E-state index is -3.14. The lowest BCUT2D eigenvalue weighted by molar-refractivity contribution is 0.268. The monoisotopic (exact) mass is 545 g/mol. The topological polar surface area (TPSA) is 90.8 Å². The summed E-state index contributed by atoms with van der Waals surface area (Å²) < 4.78 is 24.6. The van der Waals surface area contributed by atoms with Crippen molar-refractivity contribution in [1.82, 2.24) is 10.6 Å². The van der Waals surface area contributed by atoms with E-state index >= 15 is 0 Å². The molecule has 0 fully saturated rings. The SMILES string of the molecule is CCNC(=NCC(CO)c1ccccc1)NCCCS(=O)(=O)Cc1ccccc1.I. The molecule has 1 unspecified atom stereocenters. The van der Waals surface area contributed by atoms with Crippen molar-refractivity contribution >= 4 is 39.8 Å². The Morgan fingerprint density at radius 3 is 2.27 bits per heavy atom. The van der Waals surface area contributed by atoms with Crippen molar-refractivity contribution in [2.75, 3.05) is 32.0 Å². The molecule has 8 heteroatoms. The van der Waals surface area contributed by atoms with Crippen molar-refractivity contribution in [3.63, 3.8) is 0 Å². The number of nitrogens with one attached hydrogen (secondary N) is 2. The van der Waals surface area contributed by atoms with Crippen LogP contribution < -0.4 is 10.6 Å². The first-order chi connectivity index (χ1) is 14.0. The maximum absolute atomic E-state index is 12.3. The van der Waals surface area contributed by atoms with Gasteiger partial charge in [-0.15, -0.1) is 24.0 Å². The van der Waals surface area contributed by atoms with E-state index in [9.17, 15) is 13.5 Å². The molecule has 2 rings (SSSR count). The molecule has 6 nitrogen and oxygen atoms in total. The van der Waals surface area contributed by atoms with Gasteiger partial charge in [0.05, 0.1) is 24.7 Å². The van der Waals surface area contributed by atoms with Crippen molar-refractivity contribution in [2.24, 2.45) is 4.99 Å². The zero-order chi connectivity index (χ0) is 21.0. The predicted octanol–water partition coefficient (Wildman–Crippen LogP) is 2.94. The summed E-state index contributed by atoms with van der Waals surface area (Å²) in [5.41, 5.74) is 1.85. The molecule has 0 aliphatic heterocycles. The molecule has 0 saturated heterocycles. The molecule has 1 atom stereocenters. The summed E-state index contributed by atoms with van der Waals surface area (Å²) in [4.78, 5) is 4.55. The van der Waals surface area contributed by atoms with E-state index in [0.717, 1.165) is 11.1 Å². The molecule has 0 saturated carbocycles. The molecule has 2 aromatic carbocycles. The van der Waals surface area contributed by atoms with Crippen LogP contribution in [0.3, 0.4) is 0 Å². The van der Waals surface area contributed by atoms with E-state index in [1.54, 1.807) is 0 Å². The van der Waals surface area contributed by atoms with E-state index in [2.05, 4.69) is 15.6 Å². The van der Waals surface area contributed by atoms with Crippen LogP contribution in [0.25, 0.3) is 0 Å². The lowest BCUT2D eigenvalue weighted by atomic mass is 10.0. The standard InChI is InChI=1S/C22H31N3O3S.HI/c1-2-23-22(25-16-21(17-26)20-12-7-4-8-13-20)24-14-9-15-29(27,28)18-19-10-5-3-6-11-19;/h3-8,10-13,21,26H,2,9,14-18H2,1H3,(H2,23,24,25);1H. The van der Waals surface area contributed by atoms with Gasteiger partial charge in [-0.3, -0.25) is 4.99 Å². The van der Waals surface area contributed by atoms with Gasteiger partial charge in [0, 0.05) is 19.0 Å². The van der Waals surface area contributed by atoms with Crippen molar-refractivity contribution in [3.8, 4) is 0 Å². The average Bonchev–Trinajstić information content (AvgIpc) is 2.72. The number of aliphatic hydroxyl groups excluding tert-OH is 1. The Bertz CT molecular complexity index is 846. The van der Waals surface area contributed by atoms with Gasteiger partial charge in [0.15, 0.2) is 15.8 Å². The fourth-order valence-corrected chi connectivity index (χ4v) is 4.37. The maximum atomic E-state index is 12.3. The first-order valence-corrected chi connectivity index (χ1v) is 11.8. The zero-order valence-corrected chi connectivity index (χ0v) is 20.5. The maximum Gasteiger partial charge on any atom is 0.191 e. The number of aliphatic hydroxyl groups is 1. The Hall–Kier alpha value is -1.65. The van der Waals surface area contributed by atoms with E-state index in [-0.39, 0.29) is 48.0 Å². The van der Waals surface area contributed by atoms with Crippen molar-refractivity contribution in [1.29, 1.82) is 0 Å². The molecular formula is C22H32IN3O3S. The Kier molecular flexibility index (Phi) is 12.6. The number of rotatable bonds is 11. The van der Waals surface area contributed by atoms with Gasteiger partial charge < -0.3 is 15.7 Å². The number of aliphatic imine (C=N–C) groups is 1. The number of hydrogen-bond donors (Lipinski definition) is 3. The van der Waals surface area contributed by atoms with Crippen LogP contribution in [0.15, 0.2) is 65.7 Å². The van der Waals surface area contributed by atoms with Gasteiger partial charge in [0.25, 0.3) is 0 Å². The number of hydrogen-bond acceptors (Lipinski definition) is 4. The summed E-state index contributed by atoms with van der Waals surface area (Å²) in [6.45, 7) is 3.65. The normalized spacial score (nSPS) is 12.7. The lowest BCUT2D eigenvalue weighted by Gasteiger charge is -2.15. The second-order valence-corrected chi connectivity index (χ2v) is 9.05. The molecule has 0 heterocycles. The largest absolute Gasteiger partial charge is 0.396 e. The minimum absolute atomic E-state index is 0. The zero-order valence-electron chi connectivity index (χ0n) is 17.3. The molecule has 0 spiro atoms. The number of guanidine groups is 1. The molecule has 0 bridgehead atoms. The highest BCUT2D eigenvalue weighted by atomic mass is 127. The summed E-state index contributed by atoms with van der Waals surface area (Å²) in [7, 11) is -3.14. The molecule has 0 radical (unpaired) electrons. The van der Waals surface area contributed by atoms with Crippen molar-refractivity contribution in [3.05, 3.63) is 71.8 Å². The van der Waals surface area contributed by atoms with Gasteiger partial charge in [0.1, 0.15) is 0 Å². The highest BCUT2D eigenvalue weighted by Gasteiger charge is 2.12. The number of nitrogens with zero attached hydrogens (tertiary/aromatic N) is 1. The minimum Gasteiger partial charge on any atom is -0.396 e. The van der Waals surface area contributed by atoms with Crippen LogP contribution in [0.1, 0.15) is 30.4 Å². The van der Waals surface area contributed by atoms with Gasteiger partial charge in [-0.1, -0.05) is 60.7 Å². The van der Waals surface area contributed by atoms with Crippen molar-refractivity contribution < 1.29 is 13.5 Å². The molecule has 0 amide bonds. The predicted molar refractivity (Wildman–Crippen MR) is 134 cm³/mol.